The van der Waals surface area contributed by atoms with Gasteiger partial charge in [0, 0.05) is 11.3 Å². The molecule has 0 atom stereocenters. The normalized spacial score (nSPS) is 16.3. The third-order valence-electron chi connectivity index (χ3n) is 4.20. The Kier molecular flexibility index (Phi) is 3.20. The summed E-state index contributed by atoms with van der Waals surface area (Å²) in [6.45, 7) is 5.19. The SMILES string of the molecule is CCCC1(Cn2nnnc2-c2cc(C)ccc2N)CC1. The van der Waals surface area contributed by atoms with Gasteiger partial charge in [-0.15, -0.1) is 5.10 Å². The third kappa shape index (κ3) is 2.40. The molecule has 0 radical (unpaired) electrons. The molecule has 1 heterocycles. The molecule has 0 unspecified atom stereocenters. The molecule has 1 fully saturated rings. The van der Waals surface area contributed by atoms with Crippen LogP contribution in [0.3, 0.4) is 0 Å². The van der Waals surface area contributed by atoms with Crippen molar-refractivity contribution in [2.75, 3.05) is 5.73 Å². The van der Waals surface area contributed by atoms with E-state index in [1.165, 1.54) is 31.2 Å². The Bertz CT molecular complexity index is 612. The van der Waals surface area contributed by atoms with Crippen LogP contribution in [0, 0.1) is 12.3 Å². The lowest BCUT2D eigenvalue weighted by atomic mass is 10.0. The molecular formula is C15H21N5. The molecule has 1 saturated carbocycles. The second kappa shape index (κ2) is 4.89. The Balaban J connectivity index is 1.92. The van der Waals surface area contributed by atoms with Crippen LogP contribution in [-0.4, -0.2) is 20.2 Å². The van der Waals surface area contributed by atoms with Crippen molar-refractivity contribution in [2.45, 2.75) is 46.1 Å². The summed E-state index contributed by atoms with van der Waals surface area (Å²) < 4.78 is 1.92. The summed E-state index contributed by atoms with van der Waals surface area (Å²) >= 11 is 0. The lowest BCUT2D eigenvalue weighted by Gasteiger charge is -2.15. The molecule has 1 aliphatic carbocycles. The molecule has 0 spiro atoms. The van der Waals surface area contributed by atoms with Gasteiger partial charge in [-0.1, -0.05) is 25.0 Å². The van der Waals surface area contributed by atoms with Crippen LogP contribution in [0.4, 0.5) is 5.69 Å². The van der Waals surface area contributed by atoms with Gasteiger partial charge in [-0.3, -0.25) is 0 Å². The van der Waals surface area contributed by atoms with Gasteiger partial charge in [0.05, 0.1) is 6.54 Å². The predicted octanol–water partition coefficient (Wildman–Crippen LogP) is 2.81. The van der Waals surface area contributed by atoms with Gasteiger partial charge in [-0.25, -0.2) is 4.68 Å². The van der Waals surface area contributed by atoms with Crippen LogP contribution in [0.15, 0.2) is 18.2 Å². The van der Waals surface area contributed by atoms with Crippen LogP contribution in [0.2, 0.25) is 0 Å². The lowest BCUT2D eigenvalue weighted by Crippen LogP contribution is -2.14. The number of anilines is 1. The molecule has 0 bridgehead atoms. The van der Waals surface area contributed by atoms with E-state index in [1.54, 1.807) is 0 Å². The molecule has 0 amide bonds. The zero-order valence-corrected chi connectivity index (χ0v) is 12.1. The fraction of sp³-hybridized carbons (Fsp3) is 0.533. The summed E-state index contributed by atoms with van der Waals surface area (Å²) in [5.74, 6) is 0.786. The standard InChI is InChI=1S/C15H21N5/c1-3-6-15(7-8-15)10-20-14(17-18-19-20)12-9-11(2)4-5-13(12)16/h4-5,9H,3,6-8,10,16H2,1-2H3. The Morgan fingerprint density at radius 1 is 1.35 bits per heavy atom. The zero-order valence-electron chi connectivity index (χ0n) is 12.1. The van der Waals surface area contributed by atoms with Crippen molar-refractivity contribution in [3.05, 3.63) is 23.8 Å². The number of rotatable bonds is 5. The van der Waals surface area contributed by atoms with E-state index in [4.69, 9.17) is 5.73 Å². The quantitative estimate of drug-likeness (QED) is 0.849. The van der Waals surface area contributed by atoms with Gasteiger partial charge in [-0.05, 0) is 54.2 Å². The monoisotopic (exact) mass is 271 g/mol. The number of hydrogen-bond acceptors (Lipinski definition) is 4. The molecule has 2 aromatic rings. The molecular weight excluding hydrogens is 250 g/mol. The topological polar surface area (TPSA) is 69.6 Å². The van der Waals surface area contributed by atoms with E-state index < -0.39 is 0 Å². The van der Waals surface area contributed by atoms with Crippen molar-refractivity contribution in [3.8, 4) is 11.4 Å². The highest BCUT2D eigenvalue weighted by Crippen LogP contribution is 2.51. The molecule has 20 heavy (non-hydrogen) atoms. The molecule has 106 valence electrons. The zero-order chi connectivity index (χ0) is 14.2. The van der Waals surface area contributed by atoms with Crippen LogP contribution < -0.4 is 5.73 Å². The number of aromatic nitrogens is 4. The minimum absolute atomic E-state index is 0.414. The van der Waals surface area contributed by atoms with Crippen LogP contribution in [0.25, 0.3) is 11.4 Å². The highest BCUT2D eigenvalue weighted by atomic mass is 15.5. The van der Waals surface area contributed by atoms with E-state index in [-0.39, 0.29) is 0 Å². The van der Waals surface area contributed by atoms with Gasteiger partial charge in [0.1, 0.15) is 0 Å². The predicted molar refractivity (Wildman–Crippen MR) is 79.0 cm³/mol. The van der Waals surface area contributed by atoms with E-state index in [9.17, 15) is 0 Å². The summed E-state index contributed by atoms with van der Waals surface area (Å²) in [4.78, 5) is 0. The maximum absolute atomic E-state index is 6.08. The summed E-state index contributed by atoms with van der Waals surface area (Å²) in [5, 5.41) is 12.2. The van der Waals surface area contributed by atoms with Crippen molar-refractivity contribution in [1.82, 2.24) is 20.2 Å². The Morgan fingerprint density at radius 2 is 2.15 bits per heavy atom. The summed E-state index contributed by atoms with van der Waals surface area (Å²) in [5.41, 5.74) is 9.32. The fourth-order valence-corrected chi connectivity index (χ4v) is 2.88. The van der Waals surface area contributed by atoms with Crippen LogP contribution in [0.5, 0.6) is 0 Å². The van der Waals surface area contributed by atoms with Crippen molar-refractivity contribution in [2.24, 2.45) is 5.41 Å². The fourth-order valence-electron chi connectivity index (χ4n) is 2.88. The van der Waals surface area contributed by atoms with E-state index in [2.05, 4.69) is 35.4 Å². The number of nitrogens with zero attached hydrogens (tertiary/aromatic N) is 4. The van der Waals surface area contributed by atoms with E-state index in [0.717, 1.165) is 23.6 Å². The maximum Gasteiger partial charge on any atom is 0.184 e. The number of hydrogen-bond donors (Lipinski definition) is 1. The van der Waals surface area contributed by atoms with Gasteiger partial charge >= 0.3 is 0 Å². The smallest absolute Gasteiger partial charge is 0.184 e. The minimum atomic E-state index is 0.414. The van der Waals surface area contributed by atoms with E-state index in [1.807, 2.05) is 16.8 Å². The van der Waals surface area contributed by atoms with Crippen molar-refractivity contribution in [3.63, 3.8) is 0 Å². The first-order valence-electron chi connectivity index (χ1n) is 7.26. The molecule has 1 aliphatic rings. The van der Waals surface area contributed by atoms with Crippen molar-refractivity contribution < 1.29 is 0 Å². The first kappa shape index (κ1) is 13.1. The van der Waals surface area contributed by atoms with Gasteiger partial charge in [0.15, 0.2) is 5.82 Å². The van der Waals surface area contributed by atoms with Gasteiger partial charge in [-0.2, -0.15) is 0 Å². The van der Waals surface area contributed by atoms with Crippen LogP contribution in [-0.2, 0) is 6.54 Å². The first-order chi connectivity index (χ1) is 9.63. The second-order valence-corrected chi connectivity index (χ2v) is 6.00. The molecule has 0 saturated heterocycles. The Labute approximate surface area is 119 Å². The van der Waals surface area contributed by atoms with Crippen molar-refractivity contribution >= 4 is 5.69 Å². The number of nitrogen functional groups attached to an aromatic ring is 1. The van der Waals surface area contributed by atoms with Crippen molar-refractivity contribution in [1.29, 1.82) is 0 Å². The Morgan fingerprint density at radius 3 is 2.85 bits per heavy atom. The highest BCUT2D eigenvalue weighted by molar-refractivity contribution is 5.72. The van der Waals surface area contributed by atoms with Gasteiger partial charge < -0.3 is 5.73 Å². The number of aryl methyl sites for hydroxylation is 1. The number of benzene rings is 1. The molecule has 5 heteroatoms. The summed E-state index contributed by atoms with van der Waals surface area (Å²) in [6.07, 6.45) is 5.02. The second-order valence-electron chi connectivity index (χ2n) is 6.00. The number of nitrogens with two attached hydrogens (primary N) is 1. The average Bonchev–Trinajstić information content (AvgIpc) is 3.01. The third-order valence-corrected chi connectivity index (χ3v) is 4.20. The van der Waals surface area contributed by atoms with Crippen LogP contribution in [0.1, 0.15) is 38.2 Å². The first-order valence-corrected chi connectivity index (χ1v) is 7.26. The van der Waals surface area contributed by atoms with Gasteiger partial charge in [0.25, 0.3) is 0 Å². The van der Waals surface area contributed by atoms with E-state index in [0.29, 0.717) is 5.41 Å². The van der Waals surface area contributed by atoms with E-state index >= 15 is 0 Å². The molecule has 3 rings (SSSR count). The summed E-state index contributed by atoms with van der Waals surface area (Å²) in [7, 11) is 0. The minimum Gasteiger partial charge on any atom is -0.398 e. The highest BCUT2D eigenvalue weighted by Gasteiger charge is 2.42. The molecule has 1 aromatic heterocycles. The average molecular weight is 271 g/mol. The summed E-state index contributed by atoms with van der Waals surface area (Å²) in [6, 6.07) is 5.98. The molecule has 5 nitrogen and oxygen atoms in total. The number of tetrazole rings is 1. The van der Waals surface area contributed by atoms with Crippen LogP contribution >= 0.6 is 0 Å². The van der Waals surface area contributed by atoms with Gasteiger partial charge in [0.2, 0.25) is 0 Å². The molecule has 0 aliphatic heterocycles. The molecule has 2 N–H and O–H groups in total. The lowest BCUT2D eigenvalue weighted by molar-refractivity contribution is 0.365. The molecule has 1 aromatic carbocycles. The Hall–Kier alpha value is -1.91. The maximum atomic E-state index is 6.08. The largest absolute Gasteiger partial charge is 0.398 e.